The Balaban J connectivity index is 1.61. The molecule has 2 heterocycles. The molecule has 0 unspecified atom stereocenters. The molecule has 11 nitrogen and oxygen atoms in total. The molecule has 0 atom stereocenters. The maximum absolute atomic E-state index is 12.4. The summed E-state index contributed by atoms with van der Waals surface area (Å²) in [7, 11) is 0. The second-order valence-corrected chi connectivity index (χ2v) is 10.1. The van der Waals surface area contributed by atoms with Crippen LogP contribution in [0, 0.1) is 0 Å². The van der Waals surface area contributed by atoms with E-state index in [9.17, 15) is 19.5 Å². The molecule has 2 aromatic carbocycles. The second kappa shape index (κ2) is 9.52. The molecule has 0 spiro atoms. The lowest BCUT2D eigenvalue weighted by molar-refractivity contribution is -0.133. The predicted octanol–water partition coefficient (Wildman–Crippen LogP) is 3.09. The number of carbonyl (C=O) groups excluding carboxylic acids is 3. The van der Waals surface area contributed by atoms with Crippen LogP contribution in [0.25, 0.3) is 28.2 Å². The van der Waals surface area contributed by atoms with Crippen molar-refractivity contribution in [2.24, 2.45) is 11.5 Å². The first kappa shape index (κ1) is 25.9. The quantitative estimate of drug-likeness (QED) is 0.266. The Labute approximate surface area is 223 Å². The Kier molecular flexibility index (Phi) is 6.31. The van der Waals surface area contributed by atoms with Crippen molar-refractivity contribution in [1.82, 2.24) is 19.9 Å². The van der Waals surface area contributed by atoms with Gasteiger partial charge in [0.2, 0.25) is 5.79 Å². The van der Waals surface area contributed by atoms with Gasteiger partial charge in [0.1, 0.15) is 11.4 Å². The fourth-order valence-corrected chi connectivity index (χ4v) is 4.79. The van der Waals surface area contributed by atoms with Gasteiger partial charge in [0.15, 0.2) is 5.65 Å². The number of hydrogen-bond donors (Lipinski definition) is 4. The summed E-state index contributed by atoms with van der Waals surface area (Å²) in [6.07, 6.45) is 1.67. The number of ether oxygens (including phenoxy) is 1. The summed E-state index contributed by atoms with van der Waals surface area (Å²) in [5, 5.41) is 17.1. The van der Waals surface area contributed by atoms with E-state index >= 15 is 0 Å². The first-order valence-electron chi connectivity index (χ1n) is 12.4. The number of nitrogens with zero attached hydrogens (tertiary/aromatic N) is 3. The van der Waals surface area contributed by atoms with Crippen molar-refractivity contribution in [3.8, 4) is 22.5 Å². The molecule has 1 saturated carbocycles. The average Bonchev–Trinajstić information content (AvgIpc) is 3.24. The van der Waals surface area contributed by atoms with E-state index < -0.39 is 29.2 Å². The predicted molar refractivity (Wildman–Crippen MR) is 142 cm³/mol. The normalized spacial score (nSPS) is 14.4. The molecule has 39 heavy (non-hydrogen) atoms. The van der Waals surface area contributed by atoms with Crippen LogP contribution in [0.5, 0.6) is 0 Å². The highest BCUT2D eigenvalue weighted by molar-refractivity contribution is 6.02. The highest BCUT2D eigenvalue weighted by atomic mass is 16.7. The SMILES string of the molecule is CC(C)(O)OC(=O)NC1(c2ccc(-c3nc4c(C(N)=O)cc(C(N)=O)nn4c3-c3ccccc3)cc2)CCC1. The van der Waals surface area contributed by atoms with E-state index in [1.807, 2.05) is 54.6 Å². The van der Waals surface area contributed by atoms with E-state index in [0.29, 0.717) is 17.0 Å². The van der Waals surface area contributed by atoms with Crippen molar-refractivity contribution >= 4 is 23.6 Å². The number of imidazole rings is 1. The van der Waals surface area contributed by atoms with Crippen LogP contribution < -0.4 is 16.8 Å². The number of amides is 3. The van der Waals surface area contributed by atoms with E-state index in [1.54, 1.807) is 0 Å². The highest BCUT2D eigenvalue weighted by Gasteiger charge is 2.41. The topological polar surface area (TPSA) is 175 Å². The number of nitrogens with two attached hydrogens (primary N) is 2. The van der Waals surface area contributed by atoms with Crippen LogP contribution >= 0.6 is 0 Å². The third kappa shape index (κ3) is 4.91. The maximum Gasteiger partial charge on any atom is 0.410 e. The van der Waals surface area contributed by atoms with Crippen LogP contribution in [0.2, 0.25) is 0 Å². The van der Waals surface area contributed by atoms with Crippen molar-refractivity contribution in [2.45, 2.75) is 44.4 Å². The lowest BCUT2D eigenvalue weighted by Gasteiger charge is -2.43. The first-order valence-corrected chi connectivity index (χ1v) is 12.4. The van der Waals surface area contributed by atoms with Crippen LogP contribution in [0.1, 0.15) is 59.5 Å². The van der Waals surface area contributed by atoms with Crippen molar-refractivity contribution < 1.29 is 24.2 Å². The van der Waals surface area contributed by atoms with Crippen molar-refractivity contribution in [2.75, 3.05) is 0 Å². The molecule has 11 heteroatoms. The minimum atomic E-state index is -1.60. The number of rotatable bonds is 7. The molecular formula is C28H28N6O5. The summed E-state index contributed by atoms with van der Waals surface area (Å²) < 4.78 is 6.47. The number of primary amides is 2. The smallest absolute Gasteiger partial charge is 0.410 e. The largest absolute Gasteiger partial charge is 0.418 e. The van der Waals surface area contributed by atoms with Crippen LogP contribution in [0.4, 0.5) is 4.79 Å². The van der Waals surface area contributed by atoms with Gasteiger partial charge in [-0.15, -0.1) is 0 Å². The molecular weight excluding hydrogens is 500 g/mol. The Morgan fingerprint density at radius 1 is 1.00 bits per heavy atom. The number of carbonyl (C=O) groups is 3. The summed E-state index contributed by atoms with van der Waals surface area (Å²) in [5.41, 5.74) is 14.0. The number of hydrogen-bond acceptors (Lipinski definition) is 7. The second-order valence-electron chi connectivity index (χ2n) is 10.1. The zero-order chi connectivity index (χ0) is 27.9. The van der Waals surface area contributed by atoms with Gasteiger partial charge in [-0.25, -0.2) is 14.3 Å². The van der Waals surface area contributed by atoms with Crippen LogP contribution in [-0.4, -0.2) is 43.4 Å². The Morgan fingerprint density at radius 3 is 2.21 bits per heavy atom. The van der Waals surface area contributed by atoms with Gasteiger partial charge < -0.3 is 26.6 Å². The summed E-state index contributed by atoms with van der Waals surface area (Å²) in [6.45, 7) is 2.78. The Hall–Kier alpha value is -4.77. The molecule has 5 rings (SSSR count). The van der Waals surface area contributed by atoms with E-state index in [1.165, 1.54) is 24.4 Å². The lowest BCUT2D eigenvalue weighted by Crippen LogP contribution is -2.52. The molecule has 0 saturated heterocycles. The van der Waals surface area contributed by atoms with E-state index in [0.717, 1.165) is 30.4 Å². The van der Waals surface area contributed by atoms with E-state index in [2.05, 4.69) is 10.4 Å². The fourth-order valence-electron chi connectivity index (χ4n) is 4.79. The molecule has 1 aliphatic carbocycles. The molecule has 1 fully saturated rings. The minimum absolute atomic E-state index is 0.0155. The minimum Gasteiger partial charge on any atom is -0.418 e. The van der Waals surface area contributed by atoms with Crippen LogP contribution in [0.3, 0.4) is 0 Å². The zero-order valence-electron chi connectivity index (χ0n) is 21.5. The van der Waals surface area contributed by atoms with Gasteiger partial charge in [0, 0.05) is 25.0 Å². The van der Waals surface area contributed by atoms with Crippen LogP contribution in [0.15, 0.2) is 60.7 Å². The molecule has 200 valence electrons. The molecule has 0 aliphatic heterocycles. The summed E-state index contributed by atoms with van der Waals surface area (Å²) in [5.74, 6) is -3.17. The van der Waals surface area contributed by atoms with Gasteiger partial charge in [-0.2, -0.15) is 5.10 Å². The molecule has 0 bridgehead atoms. The zero-order valence-corrected chi connectivity index (χ0v) is 21.5. The average molecular weight is 529 g/mol. The van der Waals surface area contributed by atoms with Crippen molar-refractivity contribution in [1.29, 1.82) is 0 Å². The van der Waals surface area contributed by atoms with E-state index in [-0.39, 0.29) is 16.9 Å². The number of benzene rings is 2. The van der Waals surface area contributed by atoms with Gasteiger partial charge in [0.25, 0.3) is 11.8 Å². The number of aromatic nitrogens is 3. The monoisotopic (exact) mass is 528 g/mol. The Bertz CT molecular complexity index is 1580. The Morgan fingerprint density at radius 2 is 1.67 bits per heavy atom. The molecule has 1 aliphatic rings. The standard InChI is InChI=1S/C28H28N6O5/c1-27(2,38)39-26(37)32-28(13-6-14-28)18-11-9-16(10-12-18)21-22(17-7-4-3-5-8-17)34-25(31-21)19(23(29)35)15-20(33-34)24(30)36/h3-5,7-12,15,38H,6,13-14H2,1-2H3,(H2,29,35)(H2,30,36)(H,32,37). The lowest BCUT2D eigenvalue weighted by atomic mass is 9.71. The van der Waals surface area contributed by atoms with Gasteiger partial charge in [-0.05, 0) is 30.9 Å². The number of aliphatic hydroxyl groups is 1. The highest BCUT2D eigenvalue weighted by Crippen LogP contribution is 2.42. The molecule has 0 radical (unpaired) electrons. The van der Waals surface area contributed by atoms with Crippen molar-refractivity contribution in [3.05, 3.63) is 77.5 Å². The fraction of sp³-hybridized carbons (Fsp3) is 0.250. The number of alkyl carbamates (subject to hydrolysis) is 1. The number of nitrogens with one attached hydrogen (secondary N) is 1. The number of fused-ring (bicyclic) bond motifs is 1. The molecule has 4 aromatic rings. The molecule has 3 amide bonds. The van der Waals surface area contributed by atoms with Gasteiger partial charge in [-0.3, -0.25) is 9.59 Å². The van der Waals surface area contributed by atoms with Gasteiger partial charge in [-0.1, -0.05) is 54.6 Å². The maximum atomic E-state index is 12.4. The van der Waals surface area contributed by atoms with E-state index in [4.69, 9.17) is 21.2 Å². The first-order chi connectivity index (χ1) is 18.5. The molecule has 6 N–H and O–H groups in total. The summed E-state index contributed by atoms with van der Waals surface area (Å²) in [6, 6.07) is 18.1. The summed E-state index contributed by atoms with van der Waals surface area (Å²) in [4.78, 5) is 41.4. The van der Waals surface area contributed by atoms with Crippen molar-refractivity contribution in [3.63, 3.8) is 0 Å². The van der Waals surface area contributed by atoms with Gasteiger partial charge >= 0.3 is 6.09 Å². The summed E-state index contributed by atoms with van der Waals surface area (Å²) >= 11 is 0. The van der Waals surface area contributed by atoms with Gasteiger partial charge in [0.05, 0.1) is 16.8 Å². The van der Waals surface area contributed by atoms with Crippen LogP contribution in [-0.2, 0) is 10.3 Å². The third-order valence-electron chi connectivity index (χ3n) is 6.75. The molecule has 2 aromatic heterocycles. The third-order valence-corrected chi connectivity index (χ3v) is 6.75.